The number of nitrogens with zero attached hydrogens (tertiary/aromatic N) is 3. The van der Waals surface area contributed by atoms with Crippen molar-refractivity contribution >= 4 is 46.4 Å². The molecule has 0 fully saturated rings. The highest BCUT2D eigenvalue weighted by Crippen LogP contribution is 2.25. The van der Waals surface area contributed by atoms with E-state index < -0.39 is 6.09 Å². The molecule has 0 spiro atoms. The largest absolute Gasteiger partial charge is 0.465 e. The fraction of sp³-hybridized carbons (Fsp3) is 0.278. The number of hydrogen-bond donors (Lipinski definition) is 3. The first-order valence-corrected chi connectivity index (χ1v) is 9.17. The van der Waals surface area contributed by atoms with E-state index >= 15 is 0 Å². The molecular weight excluding hydrogens is 382 g/mol. The zero-order valence-electron chi connectivity index (χ0n) is 15.7. The molecule has 0 aliphatic rings. The molecule has 0 saturated heterocycles. The minimum atomic E-state index is -1.18. The van der Waals surface area contributed by atoms with E-state index in [1.165, 1.54) is 11.8 Å². The lowest BCUT2D eigenvalue weighted by Crippen LogP contribution is -2.22. The van der Waals surface area contributed by atoms with Crippen molar-refractivity contribution in [3.63, 3.8) is 0 Å². The van der Waals surface area contributed by atoms with Gasteiger partial charge in [-0.25, -0.2) is 14.8 Å². The van der Waals surface area contributed by atoms with Crippen LogP contribution in [0.5, 0.6) is 0 Å². The molecule has 1 heterocycles. The molecule has 2 aromatic rings. The van der Waals surface area contributed by atoms with Crippen LogP contribution in [0.15, 0.2) is 29.3 Å². The highest BCUT2D eigenvalue weighted by atomic mass is 32.1. The Hall–Kier alpha value is -3.27. The maximum atomic E-state index is 12.4. The molecule has 0 atom stereocenters. The summed E-state index contributed by atoms with van der Waals surface area (Å²) in [5, 5.41) is 13.6. The van der Waals surface area contributed by atoms with Crippen LogP contribution in [-0.4, -0.2) is 53.3 Å². The molecule has 3 N–H and O–H groups in total. The number of aromatic nitrogens is 1. The zero-order valence-corrected chi connectivity index (χ0v) is 16.5. The molecule has 1 aromatic carbocycles. The number of amides is 3. The van der Waals surface area contributed by atoms with Gasteiger partial charge in [0.2, 0.25) is 5.91 Å². The lowest BCUT2D eigenvalue weighted by Gasteiger charge is -2.09. The molecule has 3 amide bonds. The minimum Gasteiger partial charge on any atom is -0.465 e. The van der Waals surface area contributed by atoms with E-state index in [-0.39, 0.29) is 11.8 Å². The van der Waals surface area contributed by atoms with Gasteiger partial charge in [0.25, 0.3) is 5.91 Å². The highest BCUT2D eigenvalue weighted by molar-refractivity contribution is 7.17. The first-order valence-electron chi connectivity index (χ1n) is 8.36. The van der Waals surface area contributed by atoms with Crippen LogP contribution in [0.1, 0.15) is 27.9 Å². The third kappa shape index (κ3) is 6.16. The number of carbonyl (C=O) groups is 3. The molecule has 1 aromatic heterocycles. The van der Waals surface area contributed by atoms with Crippen LogP contribution in [0, 0.1) is 0 Å². The van der Waals surface area contributed by atoms with Gasteiger partial charge in [0.05, 0.1) is 17.7 Å². The molecule has 0 saturated carbocycles. The van der Waals surface area contributed by atoms with Crippen LogP contribution >= 0.6 is 11.3 Å². The van der Waals surface area contributed by atoms with Crippen LogP contribution < -0.4 is 10.6 Å². The van der Waals surface area contributed by atoms with Crippen LogP contribution in [0.4, 0.5) is 15.6 Å². The normalized spacial score (nSPS) is 10.7. The molecule has 148 valence electrons. The molecule has 2 rings (SSSR count). The summed E-state index contributed by atoms with van der Waals surface area (Å²) in [6, 6.07) is 7.29. The zero-order chi connectivity index (χ0) is 20.7. The van der Waals surface area contributed by atoms with E-state index in [9.17, 15) is 14.4 Å². The summed E-state index contributed by atoms with van der Waals surface area (Å²) in [6.07, 6.45) is 1.11. The number of carboxylic acid groups (broad SMARTS) is 1. The summed E-state index contributed by atoms with van der Waals surface area (Å²) in [7, 11) is 3.34. The summed E-state index contributed by atoms with van der Waals surface area (Å²) in [5.74, 6) is -0.391. The van der Waals surface area contributed by atoms with Crippen molar-refractivity contribution < 1.29 is 19.5 Å². The number of anilines is 1. The molecule has 28 heavy (non-hydrogen) atoms. The van der Waals surface area contributed by atoms with Crippen LogP contribution in [-0.2, 0) is 17.6 Å². The van der Waals surface area contributed by atoms with Gasteiger partial charge in [-0.3, -0.25) is 14.9 Å². The highest BCUT2D eigenvalue weighted by Gasteiger charge is 2.20. The molecule has 0 bridgehead atoms. The van der Waals surface area contributed by atoms with Crippen molar-refractivity contribution in [1.29, 1.82) is 0 Å². The van der Waals surface area contributed by atoms with Crippen LogP contribution in [0.2, 0.25) is 0 Å². The Bertz CT molecular complexity index is 890. The second kappa shape index (κ2) is 9.60. The predicted octanol–water partition coefficient (Wildman–Crippen LogP) is 2.52. The third-order valence-electron chi connectivity index (χ3n) is 3.57. The molecule has 0 aliphatic heterocycles. The van der Waals surface area contributed by atoms with E-state index in [2.05, 4.69) is 15.3 Å². The van der Waals surface area contributed by atoms with Crippen molar-refractivity contribution in [1.82, 2.24) is 15.2 Å². The number of aryl methyl sites for hydroxylation is 2. The van der Waals surface area contributed by atoms with E-state index in [0.29, 0.717) is 34.2 Å². The third-order valence-corrected chi connectivity index (χ3v) is 4.57. The Balaban J connectivity index is 2.09. The summed E-state index contributed by atoms with van der Waals surface area (Å²) in [6.45, 7) is 1.39. The van der Waals surface area contributed by atoms with Gasteiger partial charge in [-0.2, -0.15) is 0 Å². The number of aliphatic imine (C=N–C) groups is 1. The van der Waals surface area contributed by atoms with Gasteiger partial charge in [0, 0.05) is 21.0 Å². The Morgan fingerprint density at radius 1 is 1.21 bits per heavy atom. The molecule has 0 radical (unpaired) electrons. The fourth-order valence-electron chi connectivity index (χ4n) is 2.27. The summed E-state index contributed by atoms with van der Waals surface area (Å²) in [4.78, 5) is 44.4. The van der Waals surface area contributed by atoms with E-state index in [1.54, 1.807) is 26.2 Å². The molecule has 9 nitrogen and oxygen atoms in total. The summed E-state index contributed by atoms with van der Waals surface area (Å²) < 4.78 is 0. The monoisotopic (exact) mass is 403 g/mol. The lowest BCUT2D eigenvalue weighted by molar-refractivity contribution is -0.114. The standard InChI is InChI=1S/C18H21N5O4S/c1-11(24)21-17-22-14(15(28-17)16(25)23(2)3)9-6-12-4-7-13(8-5-12)19-10-20-18(26)27/h4-5,7-8,10H,6,9H2,1-3H3,(H,19,20)(H,26,27)(H,21,22,24). The topological polar surface area (TPSA) is 124 Å². The van der Waals surface area contributed by atoms with Gasteiger partial charge in [0.15, 0.2) is 5.13 Å². The van der Waals surface area contributed by atoms with Gasteiger partial charge < -0.3 is 15.3 Å². The average molecular weight is 403 g/mol. The average Bonchev–Trinajstić information content (AvgIpc) is 3.01. The van der Waals surface area contributed by atoms with Crippen molar-refractivity contribution in [2.45, 2.75) is 19.8 Å². The maximum absolute atomic E-state index is 12.4. The van der Waals surface area contributed by atoms with Gasteiger partial charge in [-0.1, -0.05) is 23.5 Å². The molecule has 0 unspecified atom stereocenters. The Kier molecular flexibility index (Phi) is 7.21. The smallest absolute Gasteiger partial charge is 0.409 e. The first-order chi connectivity index (χ1) is 13.3. The molecular formula is C18H21N5O4S. The maximum Gasteiger partial charge on any atom is 0.409 e. The quantitative estimate of drug-likeness (QED) is 0.484. The van der Waals surface area contributed by atoms with Crippen molar-refractivity contribution in [2.24, 2.45) is 4.99 Å². The first kappa shape index (κ1) is 21.0. The number of nitrogens with one attached hydrogen (secondary N) is 2. The molecule has 0 aliphatic carbocycles. The van der Waals surface area contributed by atoms with Gasteiger partial charge in [-0.15, -0.1) is 0 Å². The van der Waals surface area contributed by atoms with Crippen molar-refractivity contribution in [3.05, 3.63) is 40.4 Å². The summed E-state index contributed by atoms with van der Waals surface area (Å²) in [5.41, 5.74) is 2.27. The Morgan fingerprint density at radius 3 is 2.46 bits per heavy atom. The van der Waals surface area contributed by atoms with Gasteiger partial charge in [0.1, 0.15) is 4.88 Å². The van der Waals surface area contributed by atoms with E-state index in [4.69, 9.17) is 5.11 Å². The van der Waals surface area contributed by atoms with Crippen molar-refractivity contribution in [2.75, 3.05) is 19.4 Å². The second-order valence-corrected chi connectivity index (χ2v) is 7.05. The number of carbonyl (C=O) groups excluding carboxylic acids is 2. The van der Waals surface area contributed by atoms with E-state index in [1.807, 2.05) is 17.4 Å². The lowest BCUT2D eigenvalue weighted by atomic mass is 10.1. The number of benzene rings is 1. The SMILES string of the molecule is CC(=O)Nc1nc(CCc2ccc(N=CNC(=O)O)cc2)c(C(=O)N(C)C)s1. The van der Waals surface area contributed by atoms with E-state index in [0.717, 1.165) is 23.2 Å². The number of hydrogen-bond acceptors (Lipinski definition) is 6. The van der Waals surface area contributed by atoms with Gasteiger partial charge >= 0.3 is 6.09 Å². The predicted molar refractivity (Wildman–Crippen MR) is 108 cm³/mol. The minimum absolute atomic E-state index is 0.153. The second-order valence-electron chi connectivity index (χ2n) is 6.05. The number of rotatable bonds is 7. The van der Waals surface area contributed by atoms with Crippen LogP contribution in [0.25, 0.3) is 0 Å². The van der Waals surface area contributed by atoms with Crippen LogP contribution in [0.3, 0.4) is 0 Å². The van der Waals surface area contributed by atoms with Gasteiger partial charge in [-0.05, 0) is 30.5 Å². The Morgan fingerprint density at radius 2 is 1.89 bits per heavy atom. The number of thiazole rings is 1. The fourth-order valence-corrected chi connectivity index (χ4v) is 3.35. The molecule has 10 heteroatoms. The van der Waals surface area contributed by atoms with Crippen molar-refractivity contribution in [3.8, 4) is 0 Å². The Labute approximate surface area is 166 Å². The summed E-state index contributed by atoms with van der Waals surface area (Å²) >= 11 is 1.16.